The van der Waals surface area contributed by atoms with Crippen molar-refractivity contribution in [2.24, 2.45) is 4.99 Å². The second-order valence-electron chi connectivity index (χ2n) is 6.41. The van der Waals surface area contributed by atoms with E-state index in [0.29, 0.717) is 24.8 Å². The van der Waals surface area contributed by atoms with E-state index in [9.17, 15) is 0 Å². The van der Waals surface area contributed by atoms with Crippen molar-refractivity contribution in [1.29, 1.82) is 0 Å². The average molecular weight is 317 g/mol. The fourth-order valence-electron chi connectivity index (χ4n) is 3.49. The minimum Gasteiger partial charge on any atom is -0.497 e. The number of ether oxygens (including phenoxy) is 2. The molecule has 0 saturated carbocycles. The molecule has 0 radical (unpaired) electrons. The Balaban J connectivity index is 1.65. The Bertz CT molecular complexity index is 573. The van der Waals surface area contributed by atoms with Crippen molar-refractivity contribution in [3.63, 3.8) is 0 Å². The lowest BCUT2D eigenvalue weighted by atomic mass is 9.96. The van der Waals surface area contributed by atoms with Crippen molar-refractivity contribution in [3.8, 4) is 5.75 Å². The molecule has 0 amide bonds. The highest BCUT2D eigenvalue weighted by atomic mass is 16.5. The lowest BCUT2D eigenvalue weighted by molar-refractivity contribution is 0.0992. The second kappa shape index (κ2) is 7.21. The molecular formula is C18H27N3O2. The zero-order valence-corrected chi connectivity index (χ0v) is 14.3. The van der Waals surface area contributed by atoms with Gasteiger partial charge in [-0.2, -0.15) is 0 Å². The second-order valence-corrected chi connectivity index (χ2v) is 6.41. The average Bonchev–Trinajstić information content (AvgIpc) is 3.15. The van der Waals surface area contributed by atoms with Crippen LogP contribution in [0, 0.1) is 6.92 Å². The molecule has 3 unspecified atom stereocenters. The van der Waals surface area contributed by atoms with Crippen LogP contribution in [-0.4, -0.2) is 37.9 Å². The molecule has 2 aliphatic rings. The molecule has 2 saturated heterocycles. The van der Waals surface area contributed by atoms with Gasteiger partial charge in [0, 0.05) is 6.54 Å². The predicted molar refractivity (Wildman–Crippen MR) is 92.0 cm³/mol. The van der Waals surface area contributed by atoms with Gasteiger partial charge in [0.15, 0.2) is 5.96 Å². The normalized spacial score (nSPS) is 26.4. The SMILES string of the molecule is CCNC(=NCc1cc(C)cc(OC)c1)NC1CC2CCC1O2. The molecule has 0 aromatic heterocycles. The Kier molecular flexibility index (Phi) is 5.06. The molecule has 23 heavy (non-hydrogen) atoms. The highest BCUT2D eigenvalue weighted by molar-refractivity contribution is 5.80. The first-order valence-electron chi connectivity index (χ1n) is 8.52. The summed E-state index contributed by atoms with van der Waals surface area (Å²) in [5.41, 5.74) is 2.34. The fourth-order valence-corrected chi connectivity index (χ4v) is 3.49. The smallest absolute Gasteiger partial charge is 0.191 e. The van der Waals surface area contributed by atoms with E-state index in [1.807, 2.05) is 12.1 Å². The third kappa shape index (κ3) is 3.96. The van der Waals surface area contributed by atoms with Crippen molar-refractivity contribution in [2.45, 2.75) is 57.9 Å². The van der Waals surface area contributed by atoms with Crippen molar-refractivity contribution in [1.82, 2.24) is 10.6 Å². The van der Waals surface area contributed by atoms with Crippen LogP contribution in [-0.2, 0) is 11.3 Å². The molecule has 2 fully saturated rings. The lowest BCUT2D eigenvalue weighted by Gasteiger charge is -2.22. The first-order valence-corrected chi connectivity index (χ1v) is 8.52. The third-order valence-electron chi connectivity index (χ3n) is 4.54. The number of aliphatic imine (C=N–C) groups is 1. The number of guanidine groups is 1. The van der Waals surface area contributed by atoms with Gasteiger partial charge in [0.1, 0.15) is 5.75 Å². The minimum absolute atomic E-state index is 0.350. The highest BCUT2D eigenvalue weighted by Crippen LogP contribution is 2.34. The Labute approximate surface area is 138 Å². The molecule has 3 rings (SSSR count). The maximum absolute atomic E-state index is 5.91. The van der Waals surface area contributed by atoms with E-state index in [4.69, 9.17) is 14.5 Å². The lowest BCUT2D eigenvalue weighted by Crippen LogP contribution is -2.47. The standard InChI is InChI=1S/C18H27N3O2/c1-4-19-18(21-16-10-14-5-6-17(16)23-14)20-11-13-7-12(2)8-15(9-13)22-3/h7-9,14,16-17H,4-6,10-11H2,1-3H3,(H2,19,20,21). The number of nitrogens with one attached hydrogen (secondary N) is 2. The Morgan fingerprint density at radius 1 is 1.35 bits per heavy atom. The molecule has 0 aliphatic carbocycles. The first kappa shape index (κ1) is 16.1. The van der Waals surface area contributed by atoms with Gasteiger partial charge in [-0.15, -0.1) is 0 Å². The van der Waals surface area contributed by atoms with Crippen LogP contribution in [0.3, 0.4) is 0 Å². The van der Waals surface area contributed by atoms with E-state index in [0.717, 1.165) is 36.7 Å². The first-order chi connectivity index (χ1) is 11.2. The Morgan fingerprint density at radius 3 is 2.87 bits per heavy atom. The molecule has 5 nitrogen and oxygen atoms in total. The van der Waals surface area contributed by atoms with Gasteiger partial charge in [0.2, 0.25) is 0 Å². The maximum atomic E-state index is 5.91. The highest BCUT2D eigenvalue weighted by Gasteiger charge is 2.41. The third-order valence-corrected chi connectivity index (χ3v) is 4.54. The van der Waals surface area contributed by atoms with Gasteiger partial charge in [0.05, 0.1) is 31.9 Å². The van der Waals surface area contributed by atoms with E-state index in [2.05, 4.69) is 30.5 Å². The van der Waals surface area contributed by atoms with Gasteiger partial charge in [-0.05, 0) is 56.4 Å². The number of hydrogen-bond donors (Lipinski definition) is 2. The van der Waals surface area contributed by atoms with Gasteiger partial charge in [-0.25, -0.2) is 4.99 Å². The summed E-state index contributed by atoms with van der Waals surface area (Å²) < 4.78 is 11.2. The van der Waals surface area contributed by atoms with Gasteiger partial charge in [0.25, 0.3) is 0 Å². The Hall–Kier alpha value is -1.75. The molecule has 1 aromatic carbocycles. The number of rotatable bonds is 5. The summed E-state index contributed by atoms with van der Waals surface area (Å²) in [6, 6.07) is 6.61. The number of fused-ring (bicyclic) bond motifs is 2. The zero-order valence-electron chi connectivity index (χ0n) is 14.3. The Morgan fingerprint density at radius 2 is 2.22 bits per heavy atom. The van der Waals surface area contributed by atoms with Gasteiger partial charge < -0.3 is 20.1 Å². The van der Waals surface area contributed by atoms with Crippen LogP contribution in [0.4, 0.5) is 0 Å². The summed E-state index contributed by atoms with van der Waals surface area (Å²) in [6.45, 7) is 5.65. The van der Waals surface area contributed by atoms with Crippen LogP contribution in [0.2, 0.25) is 0 Å². The van der Waals surface area contributed by atoms with Crippen LogP contribution < -0.4 is 15.4 Å². The molecule has 2 N–H and O–H groups in total. The molecule has 2 bridgehead atoms. The van der Waals surface area contributed by atoms with Crippen molar-refractivity contribution in [2.75, 3.05) is 13.7 Å². The van der Waals surface area contributed by atoms with Crippen molar-refractivity contribution < 1.29 is 9.47 Å². The van der Waals surface area contributed by atoms with Gasteiger partial charge in [-0.3, -0.25) is 0 Å². The molecule has 1 aromatic rings. The van der Waals surface area contributed by atoms with Crippen molar-refractivity contribution >= 4 is 5.96 Å². The van der Waals surface area contributed by atoms with Crippen LogP contribution in [0.15, 0.2) is 23.2 Å². The largest absolute Gasteiger partial charge is 0.497 e. The molecule has 2 heterocycles. The number of hydrogen-bond acceptors (Lipinski definition) is 3. The molecule has 3 atom stereocenters. The molecule has 0 spiro atoms. The van der Waals surface area contributed by atoms with E-state index >= 15 is 0 Å². The summed E-state index contributed by atoms with van der Waals surface area (Å²) >= 11 is 0. The van der Waals surface area contributed by atoms with E-state index in [1.54, 1.807) is 7.11 Å². The van der Waals surface area contributed by atoms with E-state index in [-0.39, 0.29) is 0 Å². The zero-order chi connectivity index (χ0) is 16.2. The molecule has 5 heteroatoms. The number of benzene rings is 1. The minimum atomic E-state index is 0.350. The fraction of sp³-hybridized carbons (Fsp3) is 0.611. The number of methoxy groups -OCH3 is 1. The summed E-state index contributed by atoms with van der Waals surface area (Å²) in [4.78, 5) is 4.73. The predicted octanol–water partition coefficient (Wildman–Crippen LogP) is 2.38. The summed E-state index contributed by atoms with van der Waals surface area (Å²) in [5, 5.41) is 6.88. The van der Waals surface area contributed by atoms with Crippen LogP contribution >= 0.6 is 0 Å². The topological polar surface area (TPSA) is 54.9 Å². The van der Waals surface area contributed by atoms with Crippen LogP contribution in [0.5, 0.6) is 5.75 Å². The monoisotopic (exact) mass is 317 g/mol. The maximum Gasteiger partial charge on any atom is 0.191 e. The summed E-state index contributed by atoms with van der Waals surface area (Å²) in [5.74, 6) is 1.75. The molecule has 2 aliphatic heterocycles. The van der Waals surface area contributed by atoms with Gasteiger partial charge in [-0.1, -0.05) is 6.07 Å². The number of aryl methyl sites for hydroxylation is 1. The van der Waals surface area contributed by atoms with Crippen LogP contribution in [0.1, 0.15) is 37.3 Å². The van der Waals surface area contributed by atoms with Crippen LogP contribution in [0.25, 0.3) is 0 Å². The number of nitrogens with zero attached hydrogens (tertiary/aromatic N) is 1. The molecular weight excluding hydrogens is 290 g/mol. The van der Waals surface area contributed by atoms with E-state index in [1.165, 1.54) is 12.0 Å². The van der Waals surface area contributed by atoms with Crippen molar-refractivity contribution in [3.05, 3.63) is 29.3 Å². The quantitative estimate of drug-likeness (QED) is 0.647. The molecule has 126 valence electrons. The van der Waals surface area contributed by atoms with Gasteiger partial charge >= 0.3 is 0 Å². The van der Waals surface area contributed by atoms with E-state index < -0.39 is 0 Å². The summed E-state index contributed by atoms with van der Waals surface area (Å²) in [6.07, 6.45) is 4.26. The summed E-state index contributed by atoms with van der Waals surface area (Å²) in [7, 11) is 1.70.